The Bertz CT molecular complexity index is 177. The van der Waals surface area contributed by atoms with E-state index in [1.807, 2.05) is 13.0 Å². The number of hydrogen-bond donors (Lipinski definition) is 0. The Morgan fingerprint density at radius 1 is 1.50 bits per heavy atom. The maximum absolute atomic E-state index is 3.84. The van der Waals surface area contributed by atoms with Gasteiger partial charge in [0.25, 0.3) is 0 Å². The van der Waals surface area contributed by atoms with Crippen LogP contribution >= 0.6 is 0 Å². The van der Waals surface area contributed by atoms with E-state index >= 15 is 0 Å². The molecule has 0 fully saturated rings. The molecule has 0 bridgehead atoms. The first-order chi connectivity index (χ1) is 5.11. The van der Waals surface area contributed by atoms with Gasteiger partial charge in [-0.1, -0.05) is 44.7 Å². The first kappa shape index (κ1) is 14.3. The molecule has 67 valence electrons. The summed E-state index contributed by atoms with van der Waals surface area (Å²) in [6, 6.07) is 0. The first-order valence-corrected chi connectivity index (χ1v) is 4.11. The minimum Gasteiger partial charge on any atom is -0.0988 e. The third kappa shape index (κ3) is 5.45. The Hall–Kier alpha value is -0.196. The van der Waals surface area contributed by atoms with Crippen LogP contribution in [0.5, 0.6) is 0 Å². The molecule has 0 aromatic carbocycles. The predicted octanol–water partition coefficient (Wildman–Crippen LogP) is 3.72. The standard InChI is InChI=1S/C11H18.V/c1-6-10(5)11(7-2)8-9(3)4;/h7-8,10H,2-3,6H2,1,4-5H3;/b11-8+;. The van der Waals surface area contributed by atoms with Crippen molar-refractivity contribution < 1.29 is 18.6 Å². The van der Waals surface area contributed by atoms with Crippen molar-refractivity contribution in [1.29, 1.82) is 0 Å². The third-order valence-electron chi connectivity index (χ3n) is 1.83. The van der Waals surface area contributed by atoms with E-state index in [2.05, 4.69) is 33.1 Å². The topological polar surface area (TPSA) is 0 Å². The SMILES string of the molecule is C=C/C(=C\C(=C)C)C(C)CC.[V]. The van der Waals surface area contributed by atoms with Gasteiger partial charge < -0.3 is 0 Å². The largest absolute Gasteiger partial charge is 0.0988 e. The van der Waals surface area contributed by atoms with Gasteiger partial charge in [-0.05, 0) is 24.8 Å². The molecule has 12 heavy (non-hydrogen) atoms. The molecule has 0 aromatic rings. The quantitative estimate of drug-likeness (QED) is 0.608. The molecule has 0 aromatic heterocycles. The molecule has 0 heterocycles. The van der Waals surface area contributed by atoms with Crippen molar-refractivity contribution in [3.05, 3.63) is 36.5 Å². The fourth-order valence-electron chi connectivity index (χ4n) is 0.923. The second kappa shape index (κ2) is 7.45. The zero-order valence-corrected chi connectivity index (χ0v) is 9.70. The zero-order chi connectivity index (χ0) is 8.85. The van der Waals surface area contributed by atoms with Crippen LogP contribution in [-0.2, 0) is 18.6 Å². The number of hydrogen-bond acceptors (Lipinski definition) is 0. The van der Waals surface area contributed by atoms with Gasteiger partial charge in [-0.15, -0.1) is 0 Å². The van der Waals surface area contributed by atoms with Gasteiger partial charge in [-0.2, -0.15) is 0 Å². The van der Waals surface area contributed by atoms with Crippen LogP contribution in [0.15, 0.2) is 36.5 Å². The second-order valence-electron chi connectivity index (χ2n) is 3.00. The van der Waals surface area contributed by atoms with Gasteiger partial charge in [0.05, 0.1) is 0 Å². The van der Waals surface area contributed by atoms with Crippen molar-refractivity contribution in [2.75, 3.05) is 0 Å². The van der Waals surface area contributed by atoms with Gasteiger partial charge in [0.15, 0.2) is 0 Å². The summed E-state index contributed by atoms with van der Waals surface area (Å²) in [5, 5.41) is 0. The van der Waals surface area contributed by atoms with Crippen molar-refractivity contribution in [2.24, 2.45) is 5.92 Å². The summed E-state index contributed by atoms with van der Waals surface area (Å²) in [6.07, 6.45) is 5.18. The molecule has 1 radical (unpaired) electrons. The van der Waals surface area contributed by atoms with E-state index in [9.17, 15) is 0 Å². The van der Waals surface area contributed by atoms with Crippen LogP contribution in [0.1, 0.15) is 27.2 Å². The maximum Gasteiger partial charge on any atom is 0 e. The van der Waals surface area contributed by atoms with Crippen molar-refractivity contribution in [3.63, 3.8) is 0 Å². The maximum atomic E-state index is 3.84. The van der Waals surface area contributed by atoms with E-state index in [-0.39, 0.29) is 18.6 Å². The van der Waals surface area contributed by atoms with E-state index in [0.29, 0.717) is 5.92 Å². The summed E-state index contributed by atoms with van der Waals surface area (Å²) in [5.74, 6) is 0.601. The van der Waals surface area contributed by atoms with Crippen LogP contribution in [0.25, 0.3) is 0 Å². The third-order valence-corrected chi connectivity index (χ3v) is 1.83. The molecule has 0 nitrogen and oxygen atoms in total. The van der Waals surface area contributed by atoms with Crippen LogP contribution in [-0.4, -0.2) is 0 Å². The van der Waals surface area contributed by atoms with Gasteiger partial charge in [0.2, 0.25) is 0 Å². The average molecular weight is 201 g/mol. The normalized spacial score (nSPS) is 13.1. The predicted molar refractivity (Wildman–Crippen MR) is 52.5 cm³/mol. The minimum absolute atomic E-state index is 0. The summed E-state index contributed by atoms with van der Waals surface area (Å²) in [6.45, 7) is 14.0. The van der Waals surface area contributed by atoms with Crippen LogP contribution in [0, 0.1) is 5.92 Å². The molecule has 0 spiro atoms. The Kier molecular flexibility index (Phi) is 8.90. The van der Waals surface area contributed by atoms with Crippen LogP contribution in [0.4, 0.5) is 0 Å². The summed E-state index contributed by atoms with van der Waals surface area (Å²) in [5.41, 5.74) is 2.39. The van der Waals surface area contributed by atoms with Crippen LogP contribution in [0.3, 0.4) is 0 Å². The van der Waals surface area contributed by atoms with Crippen molar-refractivity contribution in [3.8, 4) is 0 Å². The van der Waals surface area contributed by atoms with Crippen molar-refractivity contribution >= 4 is 0 Å². The molecule has 0 saturated carbocycles. The Labute approximate surface area is 88.3 Å². The van der Waals surface area contributed by atoms with Crippen LogP contribution in [0.2, 0.25) is 0 Å². The average Bonchev–Trinajstić information content (AvgIpc) is 1.98. The summed E-state index contributed by atoms with van der Waals surface area (Å²) >= 11 is 0. The molecule has 1 heteroatoms. The second-order valence-corrected chi connectivity index (χ2v) is 3.00. The summed E-state index contributed by atoms with van der Waals surface area (Å²) in [7, 11) is 0. The fraction of sp³-hybridized carbons (Fsp3) is 0.455. The zero-order valence-electron chi connectivity index (χ0n) is 8.30. The molecule has 0 aliphatic heterocycles. The monoisotopic (exact) mass is 201 g/mol. The number of rotatable bonds is 4. The fourth-order valence-corrected chi connectivity index (χ4v) is 0.923. The van der Waals surface area contributed by atoms with Crippen molar-refractivity contribution in [1.82, 2.24) is 0 Å². The summed E-state index contributed by atoms with van der Waals surface area (Å²) in [4.78, 5) is 0. The van der Waals surface area contributed by atoms with Gasteiger partial charge in [0, 0.05) is 18.6 Å². The molecule has 0 amide bonds. The van der Waals surface area contributed by atoms with E-state index < -0.39 is 0 Å². The van der Waals surface area contributed by atoms with Crippen LogP contribution < -0.4 is 0 Å². The number of allylic oxidation sites excluding steroid dienone is 4. The van der Waals surface area contributed by atoms with Gasteiger partial charge >= 0.3 is 0 Å². The Balaban J connectivity index is 0. The molecule has 1 unspecified atom stereocenters. The molecule has 0 rings (SSSR count). The van der Waals surface area contributed by atoms with E-state index in [1.54, 1.807) is 0 Å². The molecule has 1 atom stereocenters. The Morgan fingerprint density at radius 2 is 2.00 bits per heavy atom. The molecule has 0 N–H and O–H groups in total. The Morgan fingerprint density at radius 3 is 2.25 bits per heavy atom. The first-order valence-electron chi connectivity index (χ1n) is 4.11. The summed E-state index contributed by atoms with van der Waals surface area (Å²) < 4.78 is 0. The molecule has 0 aliphatic carbocycles. The minimum atomic E-state index is 0. The molecular weight excluding hydrogens is 183 g/mol. The molecular formula is C11H18V. The van der Waals surface area contributed by atoms with Gasteiger partial charge in [0.1, 0.15) is 0 Å². The van der Waals surface area contributed by atoms with E-state index in [4.69, 9.17) is 0 Å². The van der Waals surface area contributed by atoms with E-state index in [0.717, 1.165) is 12.0 Å². The van der Waals surface area contributed by atoms with Gasteiger partial charge in [-0.3, -0.25) is 0 Å². The van der Waals surface area contributed by atoms with E-state index in [1.165, 1.54) is 5.57 Å². The van der Waals surface area contributed by atoms with Crippen molar-refractivity contribution in [2.45, 2.75) is 27.2 Å². The van der Waals surface area contributed by atoms with Gasteiger partial charge in [-0.25, -0.2) is 0 Å². The molecule has 0 aliphatic rings. The molecule has 0 saturated heterocycles. The smallest absolute Gasteiger partial charge is 0 e.